The van der Waals surface area contributed by atoms with Crippen molar-refractivity contribution in [1.82, 2.24) is 9.88 Å². The molecule has 4 heteroatoms. The van der Waals surface area contributed by atoms with Crippen LogP contribution in [0.15, 0.2) is 54.7 Å². The summed E-state index contributed by atoms with van der Waals surface area (Å²) in [6, 6.07) is 16.7. The van der Waals surface area contributed by atoms with E-state index in [1.807, 2.05) is 24.4 Å². The monoisotopic (exact) mass is 326 g/mol. The highest BCUT2D eigenvalue weighted by Crippen LogP contribution is 2.46. The van der Waals surface area contributed by atoms with Gasteiger partial charge in [-0.2, -0.15) is 0 Å². The Morgan fingerprint density at radius 1 is 1.13 bits per heavy atom. The number of hydrogen-bond donors (Lipinski definition) is 0. The first-order valence-corrected chi connectivity index (χ1v) is 9.22. The van der Waals surface area contributed by atoms with Crippen LogP contribution in [-0.4, -0.2) is 39.6 Å². The zero-order valence-corrected chi connectivity index (χ0v) is 14.0. The fraction of sp³-hybridized carbons (Fsp3) is 0.421. The molecule has 0 aliphatic carbocycles. The molecule has 0 amide bonds. The lowest BCUT2D eigenvalue weighted by Crippen LogP contribution is -2.58. The first-order chi connectivity index (χ1) is 11.3. The van der Waals surface area contributed by atoms with Crippen molar-refractivity contribution in [2.24, 2.45) is 0 Å². The highest BCUT2D eigenvalue weighted by molar-refractivity contribution is 8.01. The summed E-state index contributed by atoms with van der Waals surface area (Å²) in [6.07, 6.45) is 3.38. The number of ether oxygens (including phenoxy) is 1. The van der Waals surface area contributed by atoms with Gasteiger partial charge in [0.2, 0.25) is 0 Å². The first kappa shape index (κ1) is 15.2. The number of nitrogens with zero attached hydrogens (tertiary/aromatic N) is 2. The van der Waals surface area contributed by atoms with Gasteiger partial charge < -0.3 is 4.74 Å². The van der Waals surface area contributed by atoms with Crippen LogP contribution in [0.3, 0.4) is 0 Å². The van der Waals surface area contributed by atoms with Crippen LogP contribution in [0.5, 0.6) is 0 Å². The van der Waals surface area contributed by atoms with Crippen molar-refractivity contribution in [2.45, 2.75) is 30.4 Å². The zero-order valence-electron chi connectivity index (χ0n) is 13.2. The van der Waals surface area contributed by atoms with Crippen LogP contribution in [0, 0.1) is 0 Å². The first-order valence-electron chi connectivity index (χ1n) is 8.23. The second kappa shape index (κ2) is 6.63. The predicted molar refractivity (Wildman–Crippen MR) is 94.3 cm³/mol. The molecular weight excluding hydrogens is 304 g/mol. The summed E-state index contributed by atoms with van der Waals surface area (Å²) < 4.78 is 6.51. The summed E-state index contributed by atoms with van der Waals surface area (Å²) in [5.41, 5.74) is 2.44. The SMILES string of the molecule is c1ccc(CN2CC3(C[C@@H](OCc4ccccn4)CS3)C2)cc1. The second-order valence-electron chi connectivity index (χ2n) is 6.58. The van der Waals surface area contributed by atoms with Gasteiger partial charge in [-0.1, -0.05) is 36.4 Å². The molecule has 0 bridgehead atoms. The maximum atomic E-state index is 6.07. The Morgan fingerprint density at radius 3 is 2.74 bits per heavy atom. The van der Waals surface area contributed by atoms with Crippen LogP contribution >= 0.6 is 11.8 Å². The van der Waals surface area contributed by atoms with Crippen LogP contribution in [0.25, 0.3) is 0 Å². The maximum Gasteiger partial charge on any atom is 0.0892 e. The molecule has 0 saturated carbocycles. The van der Waals surface area contributed by atoms with Gasteiger partial charge in [0.25, 0.3) is 0 Å². The van der Waals surface area contributed by atoms with Crippen LogP contribution in [-0.2, 0) is 17.9 Å². The molecule has 4 rings (SSSR count). The highest BCUT2D eigenvalue weighted by Gasteiger charge is 2.49. The second-order valence-corrected chi connectivity index (χ2v) is 8.07. The summed E-state index contributed by atoms with van der Waals surface area (Å²) in [5.74, 6) is 1.12. The lowest BCUT2D eigenvalue weighted by atomic mass is 9.92. The Kier molecular flexibility index (Phi) is 4.38. The van der Waals surface area contributed by atoms with Crippen molar-refractivity contribution in [3.05, 3.63) is 66.0 Å². The third-order valence-electron chi connectivity index (χ3n) is 4.64. The maximum absolute atomic E-state index is 6.07. The molecule has 1 atom stereocenters. The standard InChI is InChI=1S/C19H22N2OS/c1-2-6-16(7-3-1)11-21-14-19(15-21)10-18(13-23-19)22-12-17-8-4-5-9-20-17/h1-9,18H,10-15H2/t18-/m1/s1. The summed E-state index contributed by atoms with van der Waals surface area (Å²) in [6.45, 7) is 4.09. The molecule has 1 aromatic heterocycles. The quantitative estimate of drug-likeness (QED) is 0.841. The Hall–Kier alpha value is -1.36. The number of hydrogen-bond acceptors (Lipinski definition) is 4. The van der Waals surface area contributed by atoms with E-state index in [1.54, 1.807) is 0 Å². The van der Waals surface area contributed by atoms with E-state index in [0.717, 1.165) is 18.0 Å². The van der Waals surface area contributed by atoms with Crippen LogP contribution in [0.1, 0.15) is 17.7 Å². The molecule has 0 radical (unpaired) electrons. The average Bonchev–Trinajstić information content (AvgIpc) is 2.99. The van der Waals surface area contributed by atoms with Gasteiger partial charge in [-0.3, -0.25) is 9.88 Å². The van der Waals surface area contributed by atoms with Crippen molar-refractivity contribution in [3.8, 4) is 0 Å². The van der Waals surface area contributed by atoms with Gasteiger partial charge in [0.05, 0.1) is 18.4 Å². The van der Waals surface area contributed by atoms with E-state index in [9.17, 15) is 0 Å². The Bertz CT molecular complexity index is 628. The molecule has 2 aromatic rings. The molecule has 2 saturated heterocycles. The van der Waals surface area contributed by atoms with E-state index in [4.69, 9.17) is 4.74 Å². The van der Waals surface area contributed by atoms with Gasteiger partial charge in [0.15, 0.2) is 0 Å². The molecule has 120 valence electrons. The van der Waals surface area contributed by atoms with Crippen LogP contribution in [0.4, 0.5) is 0 Å². The Balaban J connectivity index is 1.24. The third kappa shape index (κ3) is 3.60. The molecule has 1 spiro atoms. The van der Waals surface area contributed by atoms with Crippen molar-refractivity contribution in [2.75, 3.05) is 18.8 Å². The smallest absolute Gasteiger partial charge is 0.0892 e. The van der Waals surface area contributed by atoms with E-state index in [0.29, 0.717) is 17.5 Å². The Morgan fingerprint density at radius 2 is 1.96 bits per heavy atom. The van der Waals surface area contributed by atoms with Gasteiger partial charge in [0, 0.05) is 36.3 Å². The van der Waals surface area contributed by atoms with Crippen LogP contribution in [0.2, 0.25) is 0 Å². The van der Waals surface area contributed by atoms with Crippen molar-refractivity contribution in [1.29, 1.82) is 0 Å². The summed E-state index contributed by atoms with van der Waals surface area (Å²) in [5, 5.41) is 0. The molecule has 23 heavy (non-hydrogen) atoms. The van der Waals surface area contributed by atoms with Crippen LogP contribution < -0.4 is 0 Å². The number of pyridine rings is 1. The van der Waals surface area contributed by atoms with E-state index in [2.05, 4.69) is 52.0 Å². The van der Waals surface area contributed by atoms with E-state index in [-0.39, 0.29) is 0 Å². The minimum Gasteiger partial charge on any atom is -0.371 e. The molecule has 3 heterocycles. The number of likely N-dealkylation sites (tertiary alicyclic amines) is 1. The van der Waals surface area contributed by atoms with E-state index in [1.165, 1.54) is 25.1 Å². The normalized spacial score (nSPS) is 23.0. The van der Waals surface area contributed by atoms with Gasteiger partial charge in [-0.15, -0.1) is 11.8 Å². The van der Waals surface area contributed by atoms with Crippen molar-refractivity contribution >= 4 is 11.8 Å². The molecule has 0 unspecified atom stereocenters. The van der Waals surface area contributed by atoms with Gasteiger partial charge in [0.1, 0.15) is 0 Å². The van der Waals surface area contributed by atoms with E-state index < -0.39 is 0 Å². The molecule has 3 nitrogen and oxygen atoms in total. The predicted octanol–water partition coefficient (Wildman–Crippen LogP) is 3.36. The molecule has 2 fully saturated rings. The number of benzene rings is 1. The molecule has 1 aromatic carbocycles. The summed E-state index contributed by atoms with van der Waals surface area (Å²) in [7, 11) is 0. The number of thioether (sulfide) groups is 1. The fourth-order valence-electron chi connectivity index (χ4n) is 3.54. The van der Waals surface area contributed by atoms with Crippen molar-refractivity contribution < 1.29 is 4.74 Å². The largest absolute Gasteiger partial charge is 0.371 e. The third-order valence-corrected chi connectivity index (χ3v) is 6.22. The van der Waals surface area contributed by atoms with Gasteiger partial charge in [-0.25, -0.2) is 0 Å². The molecule has 2 aliphatic heterocycles. The topological polar surface area (TPSA) is 25.4 Å². The lowest BCUT2D eigenvalue weighted by molar-refractivity contribution is 0.0251. The van der Waals surface area contributed by atoms with Gasteiger partial charge in [-0.05, 0) is 24.1 Å². The summed E-state index contributed by atoms with van der Waals surface area (Å²) in [4.78, 5) is 6.87. The average molecular weight is 326 g/mol. The number of rotatable bonds is 5. The molecule has 2 aliphatic rings. The lowest BCUT2D eigenvalue weighted by Gasteiger charge is -2.47. The summed E-state index contributed by atoms with van der Waals surface area (Å²) >= 11 is 2.10. The minimum atomic E-state index is 0.376. The Labute approximate surface area is 142 Å². The number of aromatic nitrogens is 1. The van der Waals surface area contributed by atoms with Crippen molar-refractivity contribution in [3.63, 3.8) is 0 Å². The molecular formula is C19H22N2OS. The zero-order chi connectivity index (χ0) is 15.5. The molecule has 0 N–H and O–H groups in total. The fourth-order valence-corrected chi connectivity index (χ4v) is 5.14. The van der Waals surface area contributed by atoms with E-state index >= 15 is 0 Å². The highest BCUT2D eigenvalue weighted by atomic mass is 32.2. The van der Waals surface area contributed by atoms with Gasteiger partial charge >= 0.3 is 0 Å². The minimum absolute atomic E-state index is 0.376.